The summed E-state index contributed by atoms with van der Waals surface area (Å²) in [6.07, 6.45) is 2.42. The summed E-state index contributed by atoms with van der Waals surface area (Å²) in [4.78, 5) is 17.5. The molecule has 2 unspecified atom stereocenters. The summed E-state index contributed by atoms with van der Waals surface area (Å²) in [5, 5.41) is 11.8. The van der Waals surface area contributed by atoms with Crippen LogP contribution in [0.3, 0.4) is 0 Å². The van der Waals surface area contributed by atoms with Crippen molar-refractivity contribution in [1.29, 1.82) is 5.26 Å². The van der Waals surface area contributed by atoms with Gasteiger partial charge in [0.2, 0.25) is 5.91 Å². The Morgan fingerprint density at radius 1 is 1.39 bits per heavy atom. The maximum absolute atomic E-state index is 13.4. The molecule has 2 atom stereocenters. The molecule has 166 valence electrons. The van der Waals surface area contributed by atoms with Gasteiger partial charge in [0.15, 0.2) is 0 Å². The number of amides is 1. The smallest absolute Gasteiger partial charge is 0.369 e. The Balaban J connectivity index is 1.83. The standard InChI is InChI=1S/C22H26F3N5O/c1-3-29(19-8-7-16(11-26)21(10-19)22(23,24)25)17-5-4-6-18(9-17)30-14-27-12-20(30)13-28-15(2)31/h7-8,10,12,14,17-18H,3-6,9,13H2,1-2H3,(H,28,31). The first-order valence-corrected chi connectivity index (χ1v) is 10.4. The fourth-order valence-corrected chi connectivity index (χ4v) is 4.38. The molecule has 0 aliphatic heterocycles. The first-order valence-electron chi connectivity index (χ1n) is 10.4. The van der Waals surface area contributed by atoms with E-state index in [2.05, 4.69) is 14.9 Å². The summed E-state index contributed by atoms with van der Waals surface area (Å²) in [6, 6.07) is 5.79. The molecule has 1 heterocycles. The number of carbonyl (C=O) groups is 1. The molecule has 9 heteroatoms. The molecule has 1 aromatic carbocycles. The highest BCUT2D eigenvalue weighted by Gasteiger charge is 2.35. The van der Waals surface area contributed by atoms with Crippen LogP contribution in [0.2, 0.25) is 0 Å². The van der Waals surface area contributed by atoms with Crippen molar-refractivity contribution in [1.82, 2.24) is 14.9 Å². The number of aromatic nitrogens is 2. The molecule has 0 radical (unpaired) electrons. The van der Waals surface area contributed by atoms with E-state index in [-0.39, 0.29) is 23.6 Å². The fourth-order valence-electron chi connectivity index (χ4n) is 4.38. The quantitative estimate of drug-likeness (QED) is 0.732. The average Bonchev–Trinajstić information content (AvgIpc) is 3.21. The Bertz CT molecular complexity index is 963. The lowest BCUT2D eigenvalue weighted by atomic mass is 9.89. The lowest BCUT2D eigenvalue weighted by molar-refractivity contribution is -0.137. The highest BCUT2D eigenvalue weighted by atomic mass is 19.4. The number of anilines is 1. The SMILES string of the molecule is CCN(c1ccc(C#N)c(C(F)(F)F)c1)C1CCCC(n2cncc2CNC(C)=O)C1. The molecule has 2 aromatic rings. The number of carbonyl (C=O) groups excluding carboxylic acids is 1. The van der Waals surface area contributed by atoms with E-state index in [0.717, 1.165) is 37.4 Å². The van der Waals surface area contributed by atoms with Gasteiger partial charge >= 0.3 is 6.18 Å². The van der Waals surface area contributed by atoms with Crippen LogP contribution in [0.15, 0.2) is 30.7 Å². The highest BCUT2D eigenvalue weighted by molar-refractivity contribution is 5.72. The number of benzene rings is 1. The third-order valence-electron chi connectivity index (χ3n) is 5.82. The molecule has 1 saturated carbocycles. The monoisotopic (exact) mass is 433 g/mol. The van der Waals surface area contributed by atoms with Crippen molar-refractivity contribution in [2.45, 2.75) is 64.3 Å². The molecule has 3 rings (SSSR count). The number of imidazole rings is 1. The van der Waals surface area contributed by atoms with Crippen LogP contribution < -0.4 is 10.2 Å². The molecule has 1 N–H and O–H groups in total. The summed E-state index contributed by atoms with van der Waals surface area (Å²) >= 11 is 0. The third kappa shape index (κ3) is 5.19. The maximum atomic E-state index is 13.4. The predicted molar refractivity (Wildman–Crippen MR) is 110 cm³/mol. The predicted octanol–water partition coefficient (Wildman–Crippen LogP) is 4.42. The van der Waals surface area contributed by atoms with E-state index < -0.39 is 11.7 Å². The van der Waals surface area contributed by atoms with Crippen molar-refractivity contribution < 1.29 is 18.0 Å². The number of rotatable bonds is 6. The molecule has 31 heavy (non-hydrogen) atoms. The molecule has 1 aliphatic carbocycles. The Kier molecular flexibility index (Phi) is 6.88. The average molecular weight is 433 g/mol. The van der Waals surface area contributed by atoms with Crippen molar-refractivity contribution in [3.05, 3.63) is 47.5 Å². The number of hydrogen-bond acceptors (Lipinski definition) is 4. The molecule has 1 fully saturated rings. The van der Waals surface area contributed by atoms with Gasteiger partial charge in [0.05, 0.1) is 35.8 Å². The second-order valence-corrected chi connectivity index (χ2v) is 7.80. The van der Waals surface area contributed by atoms with Crippen LogP contribution in [0.4, 0.5) is 18.9 Å². The highest BCUT2D eigenvalue weighted by Crippen LogP contribution is 2.38. The minimum absolute atomic E-state index is 0.0637. The Labute approximate surface area is 179 Å². The minimum Gasteiger partial charge on any atom is -0.369 e. The number of alkyl halides is 3. The van der Waals surface area contributed by atoms with Crippen molar-refractivity contribution in [2.75, 3.05) is 11.4 Å². The first kappa shape index (κ1) is 22.7. The molecule has 1 amide bonds. The maximum Gasteiger partial charge on any atom is 0.417 e. The van der Waals surface area contributed by atoms with Crippen molar-refractivity contribution in [2.24, 2.45) is 0 Å². The van der Waals surface area contributed by atoms with Crippen LogP contribution in [0, 0.1) is 11.3 Å². The number of nitrogens with zero attached hydrogens (tertiary/aromatic N) is 4. The Hall–Kier alpha value is -3.02. The molecule has 0 saturated heterocycles. The van der Waals surface area contributed by atoms with Crippen LogP contribution >= 0.6 is 0 Å². The number of nitriles is 1. The van der Waals surface area contributed by atoms with Gasteiger partial charge in [0.25, 0.3) is 0 Å². The van der Waals surface area contributed by atoms with Gasteiger partial charge in [-0.05, 0) is 50.8 Å². The van der Waals surface area contributed by atoms with Crippen LogP contribution in [0.25, 0.3) is 0 Å². The zero-order valence-corrected chi connectivity index (χ0v) is 17.6. The van der Waals surface area contributed by atoms with Gasteiger partial charge in [-0.15, -0.1) is 0 Å². The van der Waals surface area contributed by atoms with Gasteiger partial charge in [-0.25, -0.2) is 4.98 Å². The molecular weight excluding hydrogens is 407 g/mol. The van der Waals surface area contributed by atoms with Crippen LogP contribution in [-0.2, 0) is 17.5 Å². The van der Waals surface area contributed by atoms with E-state index in [4.69, 9.17) is 5.26 Å². The van der Waals surface area contributed by atoms with E-state index in [0.29, 0.717) is 18.8 Å². The number of hydrogen-bond donors (Lipinski definition) is 1. The largest absolute Gasteiger partial charge is 0.417 e. The lowest BCUT2D eigenvalue weighted by Gasteiger charge is -2.39. The van der Waals surface area contributed by atoms with Crippen molar-refractivity contribution in [3.8, 4) is 6.07 Å². The first-order chi connectivity index (χ1) is 14.7. The van der Waals surface area contributed by atoms with Gasteiger partial charge < -0.3 is 14.8 Å². The Morgan fingerprint density at radius 2 is 2.16 bits per heavy atom. The van der Waals surface area contributed by atoms with Gasteiger partial charge in [-0.3, -0.25) is 4.79 Å². The van der Waals surface area contributed by atoms with Crippen LogP contribution in [0.1, 0.15) is 62.4 Å². The summed E-state index contributed by atoms with van der Waals surface area (Å²) in [5.74, 6) is -0.118. The van der Waals surface area contributed by atoms with E-state index in [1.165, 1.54) is 13.0 Å². The zero-order valence-electron chi connectivity index (χ0n) is 17.6. The van der Waals surface area contributed by atoms with Gasteiger partial charge in [0.1, 0.15) is 0 Å². The fraction of sp³-hybridized carbons (Fsp3) is 0.500. The second-order valence-electron chi connectivity index (χ2n) is 7.80. The van der Waals surface area contributed by atoms with Gasteiger partial charge in [-0.1, -0.05) is 0 Å². The number of halogens is 3. The topological polar surface area (TPSA) is 74.0 Å². The molecule has 6 nitrogen and oxygen atoms in total. The zero-order chi connectivity index (χ0) is 22.6. The summed E-state index contributed by atoms with van der Waals surface area (Å²) in [5.41, 5.74) is 0.116. The molecule has 1 aromatic heterocycles. The van der Waals surface area contributed by atoms with Crippen molar-refractivity contribution in [3.63, 3.8) is 0 Å². The van der Waals surface area contributed by atoms with E-state index in [1.54, 1.807) is 24.7 Å². The number of nitrogens with one attached hydrogen (secondary N) is 1. The molecule has 0 spiro atoms. The van der Waals surface area contributed by atoms with Crippen LogP contribution in [-0.4, -0.2) is 28.0 Å². The second kappa shape index (κ2) is 9.41. The van der Waals surface area contributed by atoms with Crippen molar-refractivity contribution >= 4 is 11.6 Å². The summed E-state index contributed by atoms with van der Waals surface area (Å²) < 4.78 is 42.4. The van der Waals surface area contributed by atoms with Gasteiger partial charge in [0, 0.05) is 37.4 Å². The summed E-state index contributed by atoms with van der Waals surface area (Å²) in [7, 11) is 0. The summed E-state index contributed by atoms with van der Waals surface area (Å²) in [6.45, 7) is 4.33. The van der Waals surface area contributed by atoms with Gasteiger partial charge in [-0.2, -0.15) is 18.4 Å². The normalized spacial score (nSPS) is 19.0. The van der Waals surface area contributed by atoms with E-state index >= 15 is 0 Å². The minimum atomic E-state index is -4.58. The van der Waals surface area contributed by atoms with E-state index in [1.807, 2.05) is 11.8 Å². The molecule has 0 bridgehead atoms. The lowest BCUT2D eigenvalue weighted by Crippen LogP contribution is -2.39. The van der Waals surface area contributed by atoms with E-state index in [9.17, 15) is 18.0 Å². The Morgan fingerprint density at radius 3 is 2.81 bits per heavy atom. The third-order valence-corrected chi connectivity index (χ3v) is 5.82. The molecule has 1 aliphatic rings. The molecular formula is C22H26F3N5O. The van der Waals surface area contributed by atoms with Crippen LogP contribution in [0.5, 0.6) is 0 Å².